The monoisotopic (exact) mass is 358 g/mol. The molecular weight excluding hydrogens is 336 g/mol. The Bertz CT molecular complexity index is 676. The van der Waals surface area contributed by atoms with Crippen LogP contribution in [0, 0.1) is 12.8 Å². The highest BCUT2D eigenvalue weighted by atomic mass is 35.5. The van der Waals surface area contributed by atoms with E-state index in [9.17, 15) is 13.2 Å². The highest BCUT2D eigenvalue weighted by molar-refractivity contribution is 7.89. The van der Waals surface area contributed by atoms with Gasteiger partial charge in [0.15, 0.2) is 0 Å². The van der Waals surface area contributed by atoms with Gasteiger partial charge in [0.1, 0.15) is 0 Å². The van der Waals surface area contributed by atoms with E-state index >= 15 is 0 Å². The number of hydrogen-bond donors (Lipinski definition) is 1. The predicted octanol–water partition coefficient (Wildman–Crippen LogP) is 3.04. The number of nitrogens with zero attached hydrogens (tertiary/aromatic N) is 1. The molecule has 1 aliphatic rings. The van der Waals surface area contributed by atoms with Gasteiger partial charge >= 0.3 is 0 Å². The van der Waals surface area contributed by atoms with Crippen molar-refractivity contribution in [3.8, 4) is 0 Å². The lowest BCUT2D eigenvalue weighted by Crippen LogP contribution is -2.44. The second-order valence-corrected chi connectivity index (χ2v) is 8.46. The van der Waals surface area contributed by atoms with Crippen LogP contribution in [0.2, 0.25) is 5.02 Å². The van der Waals surface area contributed by atoms with Crippen LogP contribution in [0.1, 0.15) is 31.7 Å². The number of anilines is 1. The van der Waals surface area contributed by atoms with Gasteiger partial charge < -0.3 is 5.32 Å². The number of halogens is 1. The number of piperidine rings is 1. The minimum absolute atomic E-state index is 0.134. The zero-order valence-electron chi connectivity index (χ0n) is 13.5. The van der Waals surface area contributed by atoms with Crippen molar-refractivity contribution in [2.24, 2.45) is 5.92 Å². The number of hydrogen-bond acceptors (Lipinski definition) is 3. The molecule has 1 amide bonds. The van der Waals surface area contributed by atoms with Crippen LogP contribution < -0.4 is 5.32 Å². The summed E-state index contributed by atoms with van der Waals surface area (Å²) >= 11 is 6.06. The maximum absolute atomic E-state index is 12.4. The normalized spacial score (nSPS) is 19.5. The molecule has 0 unspecified atom stereocenters. The summed E-state index contributed by atoms with van der Waals surface area (Å²) in [5.41, 5.74) is 1.58. The van der Waals surface area contributed by atoms with Crippen LogP contribution in [-0.4, -0.2) is 37.5 Å². The summed E-state index contributed by atoms with van der Waals surface area (Å²) in [4.78, 5) is 12.4. The van der Waals surface area contributed by atoms with E-state index in [4.69, 9.17) is 11.6 Å². The number of carbonyl (C=O) groups is 1. The van der Waals surface area contributed by atoms with E-state index in [1.54, 1.807) is 12.1 Å². The quantitative estimate of drug-likeness (QED) is 0.879. The molecule has 1 aromatic carbocycles. The Morgan fingerprint density at radius 1 is 1.43 bits per heavy atom. The molecule has 1 atom stereocenters. The third-order valence-corrected chi connectivity index (χ3v) is 6.50. The zero-order valence-corrected chi connectivity index (χ0v) is 15.1. The minimum Gasteiger partial charge on any atom is -0.326 e. The Morgan fingerprint density at radius 3 is 2.83 bits per heavy atom. The largest absolute Gasteiger partial charge is 0.326 e. The first-order chi connectivity index (χ1) is 10.8. The first-order valence-electron chi connectivity index (χ1n) is 7.88. The van der Waals surface area contributed by atoms with Crippen LogP contribution in [-0.2, 0) is 14.8 Å². The minimum atomic E-state index is -3.25. The summed E-state index contributed by atoms with van der Waals surface area (Å²) < 4.78 is 25.8. The molecule has 2 rings (SSSR count). The molecule has 0 saturated carbocycles. The molecule has 1 saturated heterocycles. The van der Waals surface area contributed by atoms with Crippen molar-refractivity contribution in [2.75, 3.05) is 24.2 Å². The first kappa shape index (κ1) is 18.2. The standard InChI is InChI=1S/C16H23ClN2O3S/c1-3-9-23(21,22)19-8-4-5-13(11-19)16(20)18-14-7-6-12(2)15(17)10-14/h6-7,10,13H,3-5,8-9,11H2,1-2H3,(H,18,20)/t13-/m0/s1. The summed E-state index contributed by atoms with van der Waals surface area (Å²) in [5, 5.41) is 3.43. The number of sulfonamides is 1. The van der Waals surface area contributed by atoms with Gasteiger partial charge in [-0.2, -0.15) is 0 Å². The van der Waals surface area contributed by atoms with Gasteiger partial charge in [-0.15, -0.1) is 0 Å². The van der Waals surface area contributed by atoms with Crippen LogP contribution in [0.3, 0.4) is 0 Å². The second kappa shape index (κ2) is 7.64. The lowest BCUT2D eigenvalue weighted by atomic mass is 9.98. The fraction of sp³-hybridized carbons (Fsp3) is 0.562. The van der Waals surface area contributed by atoms with Crippen LogP contribution in [0.4, 0.5) is 5.69 Å². The SMILES string of the molecule is CCCS(=O)(=O)N1CCC[C@H](C(=O)Nc2ccc(C)c(Cl)c2)C1. The Morgan fingerprint density at radius 2 is 2.17 bits per heavy atom. The van der Waals surface area contributed by atoms with E-state index < -0.39 is 10.0 Å². The molecule has 0 aromatic heterocycles. The van der Waals surface area contributed by atoms with Crippen LogP contribution in [0.15, 0.2) is 18.2 Å². The van der Waals surface area contributed by atoms with Crippen molar-refractivity contribution < 1.29 is 13.2 Å². The fourth-order valence-electron chi connectivity index (χ4n) is 2.71. The molecular formula is C16H23ClN2O3S. The first-order valence-corrected chi connectivity index (χ1v) is 9.87. The van der Waals surface area contributed by atoms with Crippen LogP contribution >= 0.6 is 11.6 Å². The third kappa shape index (κ3) is 4.68. The summed E-state index contributed by atoms with van der Waals surface area (Å²) in [7, 11) is -3.25. The van der Waals surface area contributed by atoms with Crippen molar-refractivity contribution >= 4 is 33.2 Å². The number of aryl methyl sites for hydroxylation is 1. The van der Waals surface area contributed by atoms with E-state index in [0.717, 1.165) is 5.56 Å². The van der Waals surface area contributed by atoms with Crippen LogP contribution in [0.25, 0.3) is 0 Å². The van der Waals surface area contributed by atoms with Gasteiger partial charge in [0, 0.05) is 23.8 Å². The van der Waals surface area contributed by atoms with Gasteiger partial charge in [-0.3, -0.25) is 4.79 Å². The predicted molar refractivity (Wildman–Crippen MR) is 93.2 cm³/mol. The maximum atomic E-state index is 12.4. The van der Waals surface area contributed by atoms with E-state index in [-0.39, 0.29) is 24.1 Å². The van der Waals surface area contributed by atoms with Gasteiger partial charge in [0.05, 0.1) is 11.7 Å². The number of amides is 1. The van der Waals surface area contributed by atoms with Gasteiger partial charge in [-0.1, -0.05) is 24.6 Å². The third-order valence-electron chi connectivity index (χ3n) is 4.05. The number of benzene rings is 1. The van der Waals surface area contributed by atoms with Crippen LogP contribution in [0.5, 0.6) is 0 Å². The maximum Gasteiger partial charge on any atom is 0.228 e. The van der Waals surface area contributed by atoms with Gasteiger partial charge in [-0.25, -0.2) is 12.7 Å². The lowest BCUT2D eigenvalue weighted by Gasteiger charge is -2.31. The Hall–Kier alpha value is -1.11. The molecule has 23 heavy (non-hydrogen) atoms. The molecule has 1 fully saturated rings. The Labute approximate surface area is 143 Å². The lowest BCUT2D eigenvalue weighted by molar-refractivity contribution is -0.120. The number of carbonyl (C=O) groups excluding carboxylic acids is 1. The summed E-state index contributed by atoms with van der Waals surface area (Å²) in [6.07, 6.45) is 1.98. The van der Waals surface area contributed by atoms with Crippen molar-refractivity contribution in [1.29, 1.82) is 0 Å². The van der Waals surface area contributed by atoms with Gasteiger partial charge in [0.2, 0.25) is 15.9 Å². The molecule has 1 N–H and O–H groups in total. The molecule has 128 valence electrons. The van der Waals surface area contributed by atoms with E-state index in [1.807, 2.05) is 19.9 Å². The molecule has 0 aliphatic carbocycles. The molecule has 1 aromatic rings. The highest BCUT2D eigenvalue weighted by Crippen LogP contribution is 2.24. The zero-order chi connectivity index (χ0) is 17.0. The summed E-state index contributed by atoms with van der Waals surface area (Å²) in [5.74, 6) is -0.341. The van der Waals surface area contributed by atoms with Crippen molar-refractivity contribution in [1.82, 2.24) is 4.31 Å². The number of rotatable bonds is 5. The average Bonchev–Trinajstić information content (AvgIpc) is 2.51. The van der Waals surface area contributed by atoms with Gasteiger partial charge in [-0.05, 0) is 43.9 Å². The van der Waals surface area contributed by atoms with Crippen molar-refractivity contribution in [3.05, 3.63) is 28.8 Å². The van der Waals surface area contributed by atoms with E-state index in [1.165, 1.54) is 4.31 Å². The van der Waals surface area contributed by atoms with E-state index in [2.05, 4.69) is 5.32 Å². The molecule has 0 radical (unpaired) electrons. The molecule has 1 heterocycles. The Balaban J connectivity index is 2.03. The molecule has 5 nitrogen and oxygen atoms in total. The summed E-state index contributed by atoms with van der Waals surface area (Å²) in [6.45, 7) is 4.49. The summed E-state index contributed by atoms with van der Waals surface area (Å²) in [6, 6.07) is 5.35. The topological polar surface area (TPSA) is 66.5 Å². The molecule has 7 heteroatoms. The smallest absolute Gasteiger partial charge is 0.228 e. The molecule has 0 bridgehead atoms. The molecule has 1 aliphatic heterocycles. The van der Waals surface area contributed by atoms with E-state index in [0.29, 0.717) is 36.5 Å². The Kier molecular flexibility index (Phi) is 6.06. The van der Waals surface area contributed by atoms with Crippen molar-refractivity contribution in [3.63, 3.8) is 0 Å². The number of nitrogens with one attached hydrogen (secondary N) is 1. The average molecular weight is 359 g/mol. The second-order valence-electron chi connectivity index (χ2n) is 5.97. The van der Waals surface area contributed by atoms with Gasteiger partial charge in [0.25, 0.3) is 0 Å². The highest BCUT2D eigenvalue weighted by Gasteiger charge is 2.31. The fourth-order valence-corrected chi connectivity index (χ4v) is 4.48. The molecule has 0 spiro atoms. The van der Waals surface area contributed by atoms with Crippen molar-refractivity contribution in [2.45, 2.75) is 33.1 Å².